The molecule has 1 aliphatic carbocycles. The van der Waals surface area contributed by atoms with Crippen molar-refractivity contribution in [3.8, 4) is 0 Å². The third kappa shape index (κ3) is 2.98. The number of nitrogens with one attached hydrogen (secondary N) is 1. The molecule has 1 saturated carbocycles. The van der Waals surface area contributed by atoms with Crippen molar-refractivity contribution in [3.05, 3.63) is 12.2 Å². The number of carboxylic acid groups (broad SMARTS) is 1. The summed E-state index contributed by atoms with van der Waals surface area (Å²) in [6.07, 6.45) is 10.8. The van der Waals surface area contributed by atoms with Crippen LogP contribution >= 0.6 is 0 Å². The number of amides is 1. The maximum absolute atomic E-state index is 12.5. The van der Waals surface area contributed by atoms with Crippen LogP contribution in [-0.2, 0) is 14.3 Å². The van der Waals surface area contributed by atoms with Gasteiger partial charge in [-0.3, -0.25) is 9.59 Å². The molecule has 0 aromatic heterocycles. The number of fused-ring (bicyclic) bond motifs is 2. The van der Waals surface area contributed by atoms with Crippen molar-refractivity contribution < 1.29 is 19.4 Å². The summed E-state index contributed by atoms with van der Waals surface area (Å²) in [5.74, 6) is -2.41. The lowest BCUT2D eigenvalue weighted by Crippen LogP contribution is -2.46. The van der Waals surface area contributed by atoms with Gasteiger partial charge in [0, 0.05) is 6.04 Å². The smallest absolute Gasteiger partial charge is 0.310 e. The Hall–Kier alpha value is -1.36. The predicted octanol–water partition coefficient (Wildman–Crippen LogP) is 1.87. The summed E-state index contributed by atoms with van der Waals surface area (Å²) in [4.78, 5) is 23.9. The van der Waals surface area contributed by atoms with E-state index >= 15 is 0 Å². The van der Waals surface area contributed by atoms with E-state index in [0.717, 1.165) is 25.7 Å². The van der Waals surface area contributed by atoms with Crippen LogP contribution in [0.3, 0.4) is 0 Å². The van der Waals surface area contributed by atoms with E-state index in [2.05, 4.69) is 5.32 Å². The summed E-state index contributed by atoms with van der Waals surface area (Å²) < 4.78 is 5.56. The van der Waals surface area contributed by atoms with Gasteiger partial charge in [-0.15, -0.1) is 0 Å². The number of rotatable bonds is 3. The molecule has 5 nitrogen and oxygen atoms in total. The van der Waals surface area contributed by atoms with Crippen LogP contribution in [0.5, 0.6) is 0 Å². The van der Waals surface area contributed by atoms with E-state index < -0.39 is 23.9 Å². The Balaban J connectivity index is 1.64. The molecule has 0 spiro atoms. The molecule has 0 aromatic rings. The first-order valence-corrected chi connectivity index (χ1v) is 8.04. The molecule has 2 aliphatic heterocycles. The van der Waals surface area contributed by atoms with Crippen LogP contribution in [-0.4, -0.2) is 35.2 Å². The van der Waals surface area contributed by atoms with Gasteiger partial charge in [-0.25, -0.2) is 0 Å². The molecule has 2 N–H and O–H groups in total. The minimum absolute atomic E-state index is 0.148. The number of carboxylic acids is 1. The van der Waals surface area contributed by atoms with Gasteiger partial charge < -0.3 is 15.2 Å². The average molecular weight is 293 g/mol. The van der Waals surface area contributed by atoms with E-state index in [-0.39, 0.29) is 18.1 Å². The molecule has 21 heavy (non-hydrogen) atoms. The zero-order chi connectivity index (χ0) is 14.8. The molecule has 2 bridgehead atoms. The molecule has 5 heteroatoms. The summed E-state index contributed by atoms with van der Waals surface area (Å²) in [6.45, 7) is 0. The van der Waals surface area contributed by atoms with Crippen molar-refractivity contribution in [2.75, 3.05) is 0 Å². The maximum atomic E-state index is 12.5. The van der Waals surface area contributed by atoms with Gasteiger partial charge in [0.1, 0.15) is 5.92 Å². The summed E-state index contributed by atoms with van der Waals surface area (Å²) in [7, 11) is 0. The fourth-order valence-electron chi connectivity index (χ4n) is 3.81. The standard InChI is InChI=1S/C16H23NO4/c18-15(17-10-6-4-2-1-3-5-7-10)13-11-8-9-12(21-11)14(13)16(19)20/h8-14H,1-7H2,(H,17,18)(H,19,20)/t11-,12-,13-,14+/m1/s1. The molecule has 0 aromatic carbocycles. The van der Waals surface area contributed by atoms with Crippen LogP contribution in [0.15, 0.2) is 12.2 Å². The van der Waals surface area contributed by atoms with Crippen LogP contribution in [0.2, 0.25) is 0 Å². The predicted molar refractivity (Wildman–Crippen MR) is 76.7 cm³/mol. The fourth-order valence-corrected chi connectivity index (χ4v) is 3.81. The molecular formula is C16H23NO4. The van der Waals surface area contributed by atoms with Crippen LogP contribution in [0.1, 0.15) is 44.9 Å². The van der Waals surface area contributed by atoms with Crippen molar-refractivity contribution in [1.82, 2.24) is 5.32 Å². The highest BCUT2D eigenvalue weighted by atomic mass is 16.5. The molecule has 116 valence electrons. The summed E-state index contributed by atoms with van der Waals surface area (Å²) in [5.41, 5.74) is 0. The second kappa shape index (κ2) is 6.18. The Morgan fingerprint density at radius 2 is 1.52 bits per heavy atom. The molecule has 2 heterocycles. The molecule has 3 aliphatic rings. The topological polar surface area (TPSA) is 75.6 Å². The van der Waals surface area contributed by atoms with Gasteiger partial charge in [0.2, 0.25) is 5.91 Å². The van der Waals surface area contributed by atoms with Crippen LogP contribution in [0, 0.1) is 11.8 Å². The monoisotopic (exact) mass is 293 g/mol. The zero-order valence-corrected chi connectivity index (χ0v) is 12.2. The molecule has 0 unspecified atom stereocenters. The number of hydrogen-bond donors (Lipinski definition) is 2. The zero-order valence-electron chi connectivity index (χ0n) is 12.2. The minimum Gasteiger partial charge on any atom is -0.481 e. The normalized spacial score (nSPS) is 36.2. The van der Waals surface area contributed by atoms with Gasteiger partial charge in [-0.1, -0.05) is 44.3 Å². The largest absolute Gasteiger partial charge is 0.481 e. The van der Waals surface area contributed by atoms with E-state index in [1.807, 2.05) is 6.08 Å². The van der Waals surface area contributed by atoms with Crippen LogP contribution in [0.25, 0.3) is 0 Å². The van der Waals surface area contributed by atoms with Gasteiger partial charge in [-0.2, -0.15) is 0 Å². The maximum Gasteiger partial charge on any atom is 0.310 e. The third-order valence-corrected chi connectivity index (χ3v) is 4.94. The van der Waals surface area contributed by atoms with Crippen molar-refractivity contribution in [2.45, 2.75) is 63.2 Å². The van der Waals surface area contributed by atoms with E-state index in [9.17, 15) is 14.7 Å². The number of ether oxygens (including phenoxy) is 1. The second-order valence-electron chi connectivity index (χ2n) is 6.39. The average Bonchev–Trinajstić information content (AvgIpc) is 3.01. The first-order chi connectivity index (χ1) is 10.2. The lowest BCUT2D eigenvalue weighted by atomic mass is 9.82. The van der Waals surface area contributed by atoms with Crippen LogP contribution < -0.4 is 5.32 Å². The van der Waals surface area contributed by atoms with E-state index in [1.165, 1.54) is 19.3 Å². The quantitative estimate of drug-likeness (QED) is 0.779. The Labute approximate surface area is 124 Å². The van der Waals surface area contributed by atoms with Gasteiger partial charge in [0.05, 0.1) is 18.1 Å². The highest BCUT2D eigenvalue weighted by Crippen LogP contribution is 2.39. The summed E-state index contributed by atoms with van der Waals surface area (Å²) in [6, 6.07) is 0.190. The molecular weight excluding hydrogens is 270 g/mol. The highest BCUT2D eigenvalue weighted by Gasteiger charge is 2.53. The SMILES string of the molecule is O=C(O)[C@@H]1[C@H](C(=O)NC2CCCCCCC2)[C@H]2C=C[C@H]1O2. The van der Waals surface area contributed by atoms with Gasteiger partial charge in [-0.05, 0) is 12.8 Å². The first-order valence-electron chi connectivity index (χ1n) is 8.04. The van der Waals surface area contributed by atoms with E-state index in [0.29, 0.717) is 0 Å². The first kappa shape index (κ1) is 14.6. The Morgan fingerprint density at radius 3 is 2.14 bits per heavy atom. The minimum atomic E-state index is -0.940. The summed E-state index contributed by atoms with van der Waals surface area (Å²) >= 11 is 0. The van der Waals surface area contributed by atoms with Gasteiger partial charge >= 0.3 is 5.97 Å². The Morgan fingerprint density at radius 1 is 0.952 bits per heavy atom. The molecule has 0 radical (unpaired) electrons. The number of aliphatic carboxylic acids is 1. The fraction of sp³-hybridized carbons (Fsp3) is 0.750. The van der Waals surface area contributed by atoms with E-state index in [4.69, 9.17) is 4.74 Å². The summed E-state index contributed by atoms with van der Waals surface area (Å²) in [5, 5.41) is 12.4. The lowest BCUT2D eigenvalue weighted by molar-refractivity contribution is -0.146. The van der Waals surface area contributed by atoms with Crippen molar-refractivity contribution in [1.29, 1.82) is 0 Å². The van der Waals surface area contributed by atoms with Gasteiger partial charge in [0.15, 0.2) is 0 Å². The van der Waals surface area contributed by atoms with E-state index in [1.54, 1.807) is 6.08 Å². The van der Waals surface area contributed by atoms with Crippen molar-refractivity contribution >= 4 is 11.9 Å². The third-order valence-electron chi connectivity index (χ3n) is 4.94. The lowest BCUT2D eigenvalue weighted by Gasteiger charge is -2.26. The second-order valence-corrected chi connectivity index (χ2v) is 6.39. The van der Waals surface area contributed by atoms with Crippen molar-refractivity contribution in [3.63, 3.8) is 0 Å². The molecule has 3 rings (SSSR count). The number of carbonyl (C=O) groups excluding carboxylic acids is 1. The molecule has 2 fully saturated rings. The molecule has 1 amide bonds. The van der Waals surface area contributed by atoms with Gasteiger partial charge in [0.25, 0.3) is 0 Å². The Bertz CT molecular complexity index is 440. The number of hydrogen-bond acceptors (Lipinski definition) is 3. The number of carbonyl (C=O) groups is 2. The molecule has 1 saturated heterocycles. The van der Waals surface area contributed by atoms with Crippen molar-refractivity contribution in [2.24, 2.45) is 11.8 Å². The Kier molecular flexibility index (Phi) is 4.29. The van der Waals surface area contributed by atoms with Crippen LogP contribution in [0.4, 0.5) is 0 Å². The highest BCUT2D eigenvalue weighted by molar-refractivity contribution is 5.87. The molecule has 4 atom stereocenters.